The number of anilines is 1. The molecule has 1 aromatic heterocycles. The Bertz CT molecular complexity index is 388. The minimum atomic E-state index is -0.684. The number of likely N-dealkylation sites (tertiary alicyclic amines) is 1. The van der Waals surface area contributed by atoms with Crippen LogP contribution in [0.4, 0.5) is 5.82 Å². The van der Waals surface area contributed by atoms with Crippen LogP contribution in [-0.4, -0.2) is 38.2 Å². The molecule has 0 radical (unpaired) electrons. The van der Waals surface area contributed by atoms with E-state index in [1.165, 1.54) is 0 Å². The van der Waals surface area contributed by atoms with Gasteiger partial charge in [-0.05, 0) is 39.3 Å². The molecule has 1 atom stereocenters. The fraction of sp³-hybridized carbons (Fsp3) is 0.667. The van der Waals surface area contributed by atoms with Gasteiger partial charge in [-0.3, -0.25) is 4.90 Å². The molecule has 0 bridgehead atoms. The van der Waals surface area contributed by atoms with Gasteiger partial charge in [0, 0.05) is 12.2 Å². The van der Waals surface area contributed by atoms with E-state index in [4.69, 9.17) is 5.73 Å². The summed E-state index contributed by atoms with van der Waals surface area (Å²) in [6, 6.07) is 1.86. The molecule has 5 heteroatoms. The van der Waals surface area contributed by atoms with Crippen LogP contribution in [0.25, 0.3) is 0 Å². The molecule has 0 aliphatic carbocycles. The maximum Gasteiger partial charge on any atom is 0.144 e. The third-order valence-corrected chi connectivity index (χ3v) is 3.25. The van der Waals surface area contributed by atoms with Crippen molar-refractivity contribution < 1.29 is 5.11 Å². The zero-order valence-corrected chi connectivity index (χ0v) is 10.4. The van der Waals surface area contributed by atoms with Crippen molar-refractivity contribution >= 4 is 5.82 Å². The summed E-state index contributed by atoms with van der Waals surface area (Å²) in [5, 5.41) is 10.1. The van der Waals surface area contributed by atoms with Crippen LogP contribution < -0.4 is 5.73 Å². The van der Waals surface area contributed by atoms with E-state index >= 15 is 0 Å². The van der Waals surface area contributed by atoms with Crippen molar-refractivity contribution in [2.45, 2.75) is 44.9 Å². The Kier molecular flexibility index (Phi) is 3.31. The molecular formula is C12H20N4O. The Labute approximate surface area is 102 Å². The number of aliphatic hydroxyl groups is 1. The molecule has 17 heavy (non-hydrogen) atoms. The minimum absolute atomic E-state index is 0.174. The molecule has 5 nitrogen and oxygen atoms in total. The zero-order chi connectivity index (χ0) is 12.5. The van der Waals surface area contributed by atoms with Crippen molar-refractivity contribution in [1.82, 2.24) is 14.9 Å². The normalized spacial score (nSPS) is 21.9. The van der Waals surface area contributed by atoms with E-state index in [0.29, 0.717) is 12.4 Å². The highest BCUT2D eigenvalue weighted by atomic mass is 16.3. The van der Waals surface area contributed by atoms with Crippen LogP contribution in [0.2, 0.25) is 0 Å². The number of nitrogens with two attached hydrogens (primary N) is 1. The van der Waals surface area contributed by atoms with Crippen LogP contribution in [0.3, 0.4) is 0 Å². The lowest BCUT2D eigenvalue weighted by atomic mass is 9.97. The molecule has 1 aliphatic heterocycles. The van der Waals surface area contributed by atoms with Gasteiger partial charge in [-0.1, -0.05) is 0 Å². The first-order chi connectivity index (χ1) is 7.97. The molecule has 0 aromatic carbocycles. The van der Waals surface area contributed by atoms with Crippen molar-refractivity contribution in [2.75, 3.05) is 12.3 Å². The number of nitrogens with zero attached hydrogens (tertiary/aromatic N) is 3. The fourth-order valence-corrected chi connectivity index (χ4v) is 2.49. The highest BCUT2D eigenvalue weighted by Crippen LogP contribution is 2.27. The van der Waals surface area contributed by atoms with E-state index in [1.807, 2.05) is 13.8 Å². The van der Waals surface area contributed by atoms with Gasteiger partial charge in [0.25, 0.3) is 0 Å². The predicted octanol–water partition coefficient (Wildman–Crippen LogP) is 0.794. The molecular weight excluding hydrogens is 216 g/mol. The Morgan fingerprint density at radius 1 is 1.59 bits per heavy atom. The maximum absolute atomic E-state index is 10.1. The van der Waals surface area contributed by atoms with Gasteiger partial charge in [0.1, 0.15) is 11.6 Å². The van der Waals surface area contributed by atoms with Crippen molar-refractivity contribution in [3.63, 3.8) is 0 Å². The summed E-state index contributed by atoms with van der Waals surface area (Å²) in [5.41, 5.74) is 4.95. The quantitative estimate of drug-likeness (QED) is 0.811. The number of aromatic nitrogens is 2. The minimum Gasteiger partial charge on any atom is -0.389 e. The standard InChI is InChI=1S/C12H20N4O/c1-12(2,17)9-4-3-7-16(9)8-11-14-6-5-10(13)15-11/h5-6,9,17H,3-4,7-8H2,1-2H3,(H2,13,14,15). The molecule has 94 valence electrons. The van der Waals surface area contributed by atoms with Crippen LogP contribution in [0.15, 0.2) is 12.3 Å². The van der Waals surface area contributed by atoms with Crippen molar-refractivity contribution in [1.29, 1.82) is 0 Å². The average molecular weight is 236 g/mol. The topological polar surface area (TPSA) is 75.3 Å². The molecule has 1 aliphatic rings. The molecule has 0 spiro atoms. The van der Waals surface area contributed by atoms with Crippen LogP contribution in [0.1, 0.15) is 32.5 Å². The molecule has 0 amide bonds. The summed E-state index contributed by atoms with van der Waals surface area (Å²) in [4.78, 5) is 10.6. The first-order valence-electron chi connectivity index (χ1n) is 6.00. The lowest BCUT2D eigenvalue weighted by Gasteiger charge is -2.33. The Morgan fingerprint density at radius 3 is 3.00 bits per heavy atom. The van der Waals surface area contributed by atoms with E-state index in [1.54, 1.807) is 12.3 Å². The Balaban J connectivity index is 2.08. The third-order valence-electron chi connectivity index (χ3n) is 3.25. The van der Waals surface area contributed by atoms with Crippen LogP contribution in [0, 0.1) is 0 Å². The molecule has 3 N–H and O–H groups in total. The van der Waals surface area contributed by atoms with E-state index < -0.39 is 5.60 Å². The summed E-state index contributed by atoms with van der Waals surface area (Å²) in [5.74, 6) is 1.22. The second kappa shape index (κ2) is 4.58. The second-order valence-electron chi connectivity index (χ2n) is 5.18. The van der Waals surface area contributed by atoms with Gasteiger partial charge in [0.15, 0.2) is 0 Å². The van der Waals surface area contributed by atoms with E-state index in [0.717, 1.165) is 25.2 Å². The summed E-state index contributed by atoms with van der Waals surface area (Å²) in [6.45, 7) is 5.35. The lowest BCUT2D eigenvalue weighted by Crippen LogP contribution is -2.45. The SMILES string of the molecule is CC(C)(O)C1CCCN1Cc1nccc(N)n1. The predicted molar refractivity (Wildman–Crippen MR) is 66.2 cm³/mol. The molecule has 2 heterocycles. The summed E-state index contributed by atoms with van der Waals surface area (Å²) >= 11 is 0. The third kappa shape index (κ3) is 2.92. The molecule has 1 fully saturated rings. The highest BCUT2D eigenvalue weighted by Gasteiger charge is 2.35. The zero-order valence-electron chi connectivity index (χ0n) is 10.4. The molecule has 0 saturated carbocycles. The monoisotopic (exact) mass is 236 g/mol. The lowest BCUT2D eigenvalue weighted by molar-refractivity contribution is -0.00573. The first-order valence-corrected chi connectivity index (χ1v) is 6.00. The fourth-order valence-electron chi connectivity index (χ4n) is 2.49. The van der Waals surface area contributed by atoms with Crippen LogP contribution in [-0.2, 0) is 6.54 Å². The van der Waals surface area contributed by atoms with E-state index in [-0.39, 0.29) is 6.04 Å². The Morgan fingerprint density at radius 2 is 2.35 bits per heavy atom. The number of rotatable bonds is 3. The van der Waals surface area contributed by atoms with Gasteiger partial charge in [-0.25, -0.2) is 9.97 Å². The van der Waals surface area contributed by atoms with Crippen molar-refractivity contribution in [2.24, 2.45) is 0 Å². The summed E-state index contributed by atoms with van der Waals surface area (Å²) in [6.07, 6.45) is 3.80. The van der Waals surface area contributed by atoms with Gasteiger partial charge < -0.3 is 10.8 Å². The number of hydrogen-bond acceptors (Lipinski definition) is 5. The van der Waals surface area contributed by atoms with E-state index in [2.05, 4.69) is 14.9 Å². The maximum atomic E-state index is 10.1. The van der Waals surface area contributed by atoms with Crippen LogP contribution in [0.5, 0.6) is 0 Å². The van der Waals surface area contributed by atoms with Crippen molar-refractivity contribution in [3.8, 4) is 0 Å². The van der Waals surface area contributed by atoms with E-state index in [9.17, 15) is 5.11 Å². The Hall–Kier alpha value is -1.20. The molecule has 2 rings (SSSR count). The van der Waals surface area contributed by atoms with Crippen LogP contribution >= 0.6 is 0 Å². The first kappa shape index (κ1) is 12.3. The molecule has 1 aromatic rings. The average Bonchev–Trinajstić information content (AvgIpc) is 2.65. The summed E-state index contributed by atoms with van der Waals surface area (Å²) < 4.78 is 0. The largest absolute Gasteiger partial charge is 0.389 e. The van der Waals surface area contributed by atoms with Gasteiger partial charge in [-0.2, -0.15) is 0 Å². The number of nitrogen functional groups attached to an aromatic ring is 1. The van der Waals surface area contributed by atoms with Gasteiger partial charge >= 0.3 is 0 Å². The highest BCUT2D eigenvalue weighted by molar-refractivity contribution is 5.25. The van der Waals surface area contributed by atoms with Gasteiger partial charge in [-0.15, -0.1) is 0 Å². The molecule has 1 saturated heterocycles. The second-order valence-corrected chi connectivity index (χ2v) is 5.18. The van der Waals surface area contributed by atoms with Crippen molar-refractivity contribution in [3.05, 3.63) is 18.1 Å². The smallest absolute Gasteiger partial charge is 0.144 e. The van der Waals surface area contributed by atoms with Gasteiger partial charge in [0.05, 0.1) is 12.1 Å². The summed E-state index contributed by atoms with van der Waals surface area (Å²) in [7, 11) is 0. The van der Waals surface area contributed by atoms with Gasteiger partial charge in [0.2, 0.25) is 0 Å². The number of hydrogen-bond donors (Lipinski definition) is 2. The molecule has 1 unspecified atom stereocenters.